The first kappa shape index (κ1) is 14.6. The van der Waals surface area contributed by atoms with Gasteiger partial charge >= 0.3 is 5.97 Å². The zero-order valence-corrected chi connectivity index (χ0v) is 12.3. The average Bonchev–Trinajstić information content (AvgIpc) is 2.34. The zero-order chi connectivity index (χ0) is 12.7. The van der Waals surface area contributed by atoms with Gasteiger partial charge < -0.3 is 5.11 Å². The van der Waals surface area contributed by atoms with Gasteiger partial charge in [0.1, 0.15) is 5.25 Å². The molecule has 17 heavy (non-hydrogen) atoms. The molecule has 0 bridgehead atoms. The molecule has 4 heteroatoms. The van der Waals surface area contributed by atoms with Crippen LogP contribution in [-0.4, -0.2) is 16.3 Å². The number of rotatable bonds is 7. The Morgan fingerprint density at radius 3 is 2.76 bits per heavy atom. The minimum absolute atomic E-state index is 0.338. The van der Waals surface area contributed by atoms with Gasteiger partial charge in [-0.15, -0.1) is 11.8 Å². The van der Waals surface area contributed by atoms with Crippen LogP contribution in [-0.2, 0) is 10.1 Å². The predicted octanol–water partition coefficient (Wildman–Crippen LogP) is 4.32. The van der Waals surface area contributed by atoms with Gasteiger partial charge in [0.25, 0.3) is 0 Å². The summed E-state index contributed by atoms with van der Waals surface area (Å²) in [7, 11) is 0. The van der Waals surface area contributed by atoms with Gasteiger partial charge in [-0.3, -0.25) is 4.79 Å². The van der Waals surface area contributed by atoms with Gasteiger partial charge in [-0.05, 0) is 18.1 Å². The van der Waals surface area contributed by atoms with E-state index in [1.54, 1.807) is 0 Å². The summed E-state index contributed by atoms with van der Waals surface area (Å²) in [5.74, 6) is -0.715. The van der Waals surface area contributed by atoms with Crippen molar-refractivity contribution in [3.05, 3.63) is 29.8 Å². The van der Waals surface area contributed by atoms with Crippen LogP contribution in [0.2, 0.25) is 0 Å². The number of carbonyl (C=O) groups is 1. The Bertz CT molecular complexity index is 368. The maximum absolute atomic E-state index is 11.2. The fraction of sp³-hybridized carbons (Fsp3) is 0.462. The number of thioether (sulfide) groups is 1. The molecule has 0 aliphatic rings. The highest BCUT2D eigenvalue weighted by Crippen LogP contribution is 2.30. The van der Waals surface area contributed by atoms with E-state index in [0.717, 1.165) is 35.1 Å². The second-order valence-corrected chi connectivity index (χ2v) is 5.63. The monoisotopic (exact) mass is 316 g/mol. The van der Waals surface area contributed by atoms with Crippen molar-refractivity contribution < 1.29 is 9.90 Å². The number of carboxylic acid groups (broad SMARTS) is 1. The molecule has 1 aromatic rings. The molecule has 0 fully saturated rings. The second-order valence-electron chi connectivity index (χ2n) is 3.83. The summed E-state index contributed by atoms with van der Waals surface area (Å²) in [5, 5.41) is 9.61. The molecule has 0 radical (unpaired) electrons. The predicted molar refractivity (Wildman–Crippen MR) is 75.9 cm³/mol. The lowest BCUT2D eigenvalue weighted by Crippen LogP contribution is -2.16. The van der Waals surface area contributed by atoms with Gasteiger partial charge in [-0.25, -0.2) is 0 Å². The SMILES string of the molecule is CCCCC(Sc1ccccc1CBr)C(=O)O. The number of carboxylic acids is 1. The molecule has 0 saturated heterocycles. The van der Waals surface area contributed by atoms with E-state index in [2.05, 4.69) is 22.9 Å². The van der Waals surface area contributed by atoms with Crippen molar-refractivity contribution in [1.29, 1.82) is 0 Å². The first-order valence-electron chi connectivity index (χ1n) is 5.72. The first-order valence-corrected chi connectivity index (χ1v) is 7.72. The minimum atomic E-state index is -0.715. The summed E-state index contributed by atoms with van der Waals surface area (Å²) in [6, 6.07) is 7.94. The van der Waals surface area contributed by atoms with E-state index in [4.69, 9.17) is 0 Å². The molecule has 0 saturated carbocycles. The van der Waals surface area contributed by atoms with Crippen LogP contribution in [0.3, 0.4) is 0 Å². The quantitative estimate of drug-likeness (QED) is 0.601. The lowest BCUT2D eigenvalue weighted by Gasteiger charge is -2.13. The Labute approximate surface area is 115 Å². The molecular weight excluding hydrogens is 300 g/mol. The highest BCUT2D eigenvalue weighted by molar-refractivity contribution is 9.08. The summed E-state index contributed by atoms with van der Waals surface area (Å²) in [6.07, 6.45) is 2.72. The lowest BCUT2D eigenvalue weighted by atomic mass is 10.2. The Kier molecular flexibility index (Phi) is 6.66. The summed E-state index contributed by atoms with van der Waals surface area (Å²) >= 11 is 4.89. The summed E-state index contributed by atoms with van der Waals surface area (Å²) < 4.78 is 0. The molecule has 1 rings (SSSR count). The van der Waals surface area contributed by atoms with Crippen LogP contribution in [0.25, 0.3) is 0 Å². The van der Waals surface area contributed by atoms with Crippen LogP contribution in [0.4, 0.5) is 0 Å². The smallest absolute Gasteiger partial charge is 0.316 e. The molecule has 1 atom stereocenters. The number of alkyl halides is 1. The van der Waals surface area contributed by atoms with E-state index >= 15 is 0 Å². The van der Waals surface area contributed by atoms with Crippen LogP contribution in [0.15, 0.2) is 29.2 Å². The number of unbranched alkanes of at least 4 members (excludes halogenated alkanes) is 1. The summed E-state index contributed by atoms with van der Waals surface area (Å²) in [6.45, 7) is 2.08. The number of hydrogen-bond donors (Lipinski definition) is 1. The van der Waals surface area contributed by atoms with Crippen LogP contribution in [0.1, 0.15) is 31.7 Å². The van der Waals surface area contributed by atoms with Gasteiger partial charge in [-0.2, -0.15) is 0 Å². The minimum Gasteiger partial charge on any atom is -0.480 e. The van der Waals surface area contributed by atoms with Crippen molar-refractivity contribution in [3.8, 4) is 0 Å². The molecule has 0 aliphatic carbocycles. The topological polar surface area (TPSA) is 37.3 Å². The average molecular weight is 317 g/mol. The van der Waals surface area contributed by atoms with Gasteiger partial charge in [0.15, 0.2) is 0 Å². The van der Waals surface area contributed by atoms with E-state index < -0.39 is 5.97 Å². The first-order chi connectivity index (χ1) is 8.19. The maximum Gasteiger partial charge on any atom is 0.316 e. The normalized spacial score (nSPS) is 12.4. The van der Waals surface area contributed by atoms with Gasteiger partial charge in [0.2, 0.25) is 0 Å². The van der Waals surface area contributed by atoms with Crippen LogP contribution >= 0.6 is 27.7 Å². The van der Waals surface area contributed by atoms with E-state index in [1.807, 2.05) is 24.3 Å². The van der Waals surface area contributed by atoms with Crippen molar-refractivity contribution in [1.82, 2.24) is 0 Å². The molecule has 1 N–H and O–H groups in total. The standard InChI is InChI=1S/C13H17BrO2S/c1-2-3-7-12(13(15)16)17-11-8-5-4-6-10(11)9-14/h4-6,8,12H,2-3,7,9H2,1H3,(H,15,16). The highest BCUT2D eigenvalue weighted by atomic mass is 79.9. The Morgan fingerprint density at radius 1 is 1.47 bits per heavy atom. The fourth-order valence-corrected chi connectivity index (χ4v) is 3.32. The lowest BCUT2D eigenvalue weighted by molar-refractivity contribution is -0.136. The van der Waals surface area contributed by atoms with Crippen LogP contribution in [0.5, 0.6) is 0 Å². The molecule has 1 unspecified atom stereocenters. The number of hydrogen-bond acceptors (Lipinski definition) is 2. The molecule has 0 aromatic heterocycles. The number of benzene rings is 1. The van der Waals surface area contributed by atoms with Gasteiger partial charge in [0.05, 0.1) is 0 Å². The molecule has 0 spiro atoms. The zero-order valence-electron chi connectivity index (χ0n) is 9.86. The number of aliphatic carboxylic acids is 1. The third-order valence-electron chi connectivity index (χ3n) is 2.48. The Hall–Kier alpha value is -0.480. The highest BCUT2D eigenvalue weighted by Gasteiger charge is 2.19. The molecule has 0 amide bonds. The number of halogens is 1. The molecule has 1 aromatic carbocycles. The van der Waals surface area contributed by atoms with E-state index in [0.29, 0.717) is 0 Å². The van der Waals surface area contributed by atoms with Crippen molar-refractivity contribution in [3.63, 3.8) is 0 Å². The third-order valence-corrected chi connectivity index (χ3v) is 4.46. The van der Waals surface area contributed by atoms with Gasteiger partial charge in [0, 0.05) is 10.2 Å². The van der Waals surface area contributed by atoms with Crippen molar-refractivity contribution in [2.75, 3.05) is 0 Å². The largest absolute Gasteiger partial charge is 0.480 e. The van der Waals surface area contributed by atoms with E-state index in [-0.39, 0.29) is 5.25 Å². The van der Waals surface area contributed by atoms with E-state index in [1.165, 1.54) is 11.8 Å². The van der Waals surface area contributed by atoms with Crippen LogP contribution in [0, 0.1) is 0 Å². The molecular formula is C13H17BrO2S. The molecule has 2 nitrogen and oxygen atoms in total. The fourth-order valence-electron chi connectivity index (χ4n) is 1.50. The van der Waals surface area contributed by atoms with Crippen molar-refractivity contribution >= 4 is 33.7 Å². The second kappa shape index (κ2) is 7.77. The maximum atomic E-state index is 11.2. The Morgan fingerprint density at radius 2 is 2.18 bits per heavy atom. The van der Waals surface area contributed by atoms with Crippen molar-refractivity contribution in [2.45, 2.75) is 41.7 Å². The van der Waals surface area contributed by atoms with Crippen molar-refractivity contribution in [2.24, 2.45) is 0 Å². The summed E-state index contributed by atoms with van der Waals surface area (Å²) in [4.78, 5) is 12.2. The van der Waals surface area contributed by atoms with Crippen LogP contribution < -0.4 is 0 Å². The molecule has 94 valence electrons. The van der Waals surface area contributed by atoms with E-state index in [9.17, 15) is 9.90 Å². The third kappa shape index (κ3) is 4.72. The summed E-state index contributed by atoms with van der Waals surface area (Å²) in [5.41, 5.74) is 1.15. The molecule has 0 heterocycles. The van der Waals surface area contributed by atoms with Gasteiger partial charge in [-0.1, -0.05) is 53.9 Å². The Balaban J connectivity index is 2.74. The molecule has 0 aliphatic heterocycles.